The Bertz CT molecular complexity index is 609. The van der Waals surface area contributed by atoms with Gasteiger partial charge >= 0.3 is 5.76 Å². The first-order chi connectivity index (χ1) is 8.12. The lowest BCUT2D eigenvalue weighted by Crippen LogP contribution is -2.38. The molecule has 0 spiro atoms. The van der Waals surface area contributed by atoms with Crippen molar-refractivity contribution in [2.24, 2.45) is 5.73 Å². The molecule has 2 aromatic rings. The summed E-state index contributed by atoms with van der Waals surface area (Å²) in [5.41, 5.74) is 8.46. The number of oxazole rings is 1. The number of hydrogen-bond donors (Lipinski definition) is 3. The van der Waals surface area contributed by atoms with Crippen molar-refractivity contribution in [3.8, 4) is 0 Å². The average Bonchev–Trinajstić information content (AvgIpc) is 2.90. The molecule has 90 valence electrons. The molecule has 1 heterocycles. The molecule has 0 bridgehead atoms. The van der Waals surface area contributed by atoms with Crippen LogP contribution in [0.4, 0.5) is 0 Å². The summed E-state index contributed by atoms with van der Waals surface area (Å²) in [5, 5.41) is 3.24. The molecule has 1 aromatic heterocycles. The zero-order valence-electron chi connectivity index (χ0n) is 9.62. The average molecular weight is 233 g/mol. The predicted molar refractivity (Wildman–Crippen MR) is 64.8 cm³/mol. The molecule has 5 nitrogen and oxygen atoms in total. The molecule has 3 rings (SSSR count). The third-order valence-electron chi connectivity index (χ3n) is 3.47. The van der Waals surface area contributed by atoms with Gasteiger partial charge in [-0.3, -0.25) is 4.98 Å². The second-order valence-corrected chi connectivity index (χ2v) is 4.72. The molecule has 0 amide bonds. The fourth-order valence-electron chi connectivity index (χ4n) is 2.37. The Morgan fingerprint density at radius 1 is 1.53 bits per heavy atom. The van der Waals surface area contributed by atoms with Crippen LogP contribution in [-0.2, 0) is 0 Å². The van der Waals surface area contributed by atoms with Gasteiger partial charge in [0.05, 0.1) is 11.6 Å². The van der Waals surface area contributed by atoms with E-state index < -0.39 is 5.76 Å². The first-order valence-electron chi connectivity index (χ1n) is 5.71. The fourth-order valence-corrected chi connectivity index (χ4v) is 2.37. The molecule has 0 radical (unpaired) electrons. The fraction of sp³-hybridized carbons (Fsp3) is 0.417. The van der Waals surface area contributed by atoms with Crippen molar-refractivity contribution in [2.45, 2.75) is 24.4 Å². The van der Waals surface area contributed by atoms with E-state index in [1.807, 2.05) is 19.2 Å². The molecule has 1 unspecified atom stereocenters. The predicted octanol–water partition coefficient (Wildman–Crippen LogP) is 0.873. The van der Waals surface area contributed by atoms with Crippen LogP contribution in [0, 0.1) is 0 Å². The first-order valence-corrected chi connectivity index (χ1v) is 5.71. The maximum absolute atomic E-state index is 11.1. The molecule has 1 aliphatic carbocycles. The second-order valence-electron chi connectivity index (χ2n) is 4.72. The Morgan fingerprint density at radius 2 is 2.29 bits per heavy atom. The van der Waals surface area contributed by atoms with Crippen LogP contribution in [0.3, 0.4) is 0 Å². The third kappa shape index (κ3) is 1.67. The van der Waals surface area contributed by atoms with Gasteiger partial charge in [-0.1, -0.05) is 6.07 Å². The summed E-state index contributed by atoms with van der Waals surface area (Å²) < 4.78 is 4.97. The van der Waals surface area contributed by atoms with Gasteiger partial charge in [0.25, 0.3) is 0 Å². The molecule has 0 saturated heterocycles. The molecule has 1 fully saturated rings. The van der Waals surface area contributed by atoms with Crippen LogP contribution >= 0.6 is 0 Å². The largest absolute Gasteiger partial charge is 0.417 e. The molecule has 1 aromatic carbocycles. The van der Waals surface area contributed by atoms with Crippen LogP contribution in [0.2, 0.25) is 0 Å². The quantitative estimate of drug-likeness (QED) is 0.734. The lowest BCUT2D eigenvalue weighted by atomic mass is 9.98. The highest BCUT2D eigenvalue weighted by atomic mass is 16.4. The molecular formula is C12H15N3O2. The normalized spacial score (nSPS) is 19.4. The SMILES string of the molecule is CNC(c1ccc2oc(=O)[nH]c2c1)C1(N)CC1. The van der Waals surface area contributed by atoms with Gasteiger partial charge in [-0.25, -0.2) is 4.79 Å². The number of hydrogen-bond acceptors (Lipinski definition) is 4. The van der Waals surface area contributed by atoms with Gasteiger partial charge in [0.2, 0.25) is 0 Å². The van der Waals surface area contributed by atoms with Crippen LogP contribution in [-0.4, -0.2) is 17.6 Å². The number of rotatable bonds is 3. The van der Waals surface area contributed by atoms with E-state index in [0.717, 1.165) is 23.9 Å². The summed E-state index contributed by atoms with van der Waals surface area (Å²) in [4.78, 5) is 13.7. The highest BCUT2D eigenvalue weighted by molar-refractivity contribution is 5.73. The standard InChI is InChI=1S/C12H15N3O2/c1-14-10(12(13)4-5-12)7-2-3-9-8(6-7)15-11(16)17-9/h2-3,6,10,14H,4-5,13H2,1H3,(H,15,16). The number of fused-ring (bicyclic) bond motifs is 1. The Kier molecular flexibility index (Phi) is 2.14. The van der Waals surface area contributed by atoms with Gasteiger partial charge in [0, 0.05) is 5.54 Å². The van der Waals surface area contributed by atoms with Gasteiger partial charge in [-0.2, -0.15) is 0 Å². The van der Waals surface area contributed by atoms with Crippen molar-refractivity contribution in [3.05, 3.63) is 34.3 Å². The lowest BCUT2D eigenvalue weighted by Gasteiger charge is -2.23. The van der Waals surface area contributed by atoms with Crippen LogP contribution in [0.5, 0.6) is 0 Å². The highest BCUT2D eigenvalue weighted by Gasteiger charge is 2.45. The number of likely N-dealkylation sites (N-methyl/N-ethyl adjacent to an activating group) is 1. The maximum atomic E-state index is 11.1. The monoisotopic (exact) mass is 233 g/mol. The van der Waals surface area contributed by atoms with E-state index in [1.54, 1.807) is 6.07 Å². The number of benzene rings is 1. The second kappa shape index (κ2) is 3.45. The van der Waals surface area contributed by atoms with E-state index in [-0.39, 0.29) is 11.6 Å². The van der Waals surface area contributed by atoms with Crippen molar-refractivity contribution in [2.75, 3.05) is 7.05 Å². The number of nitrogens with one attached hydrogen (secondary N) is 2. The summed E-state index contributed by atoms with van der Waals surface area (Å²) in [6, 6.07) is 5.80. The van der Waals surface area contributed by atoms with E-state index >= 15 is 0 Å². The summed E-state index contributed by atoms with van der Waals surface area (Å²) in [6.45, 7) is 0. The number of aromatic amines is 1. The van der Waals surface area contributed by atoms with Crippen molar-refractivity contribution >= 4 is 11.1 Å². The van der Waals surface area contributed by atoms with Gasteiger partial charge in [-0.05, 0) is 37.6 Å². The van der Waals surface area contributed by atoms with Crippen molar-refractivity contribution in [1.29, 1.82) is 0 Å². The van der Waals surface area contributed by atoms with Crippen molar-refractivity contribution in [3.63, 3.8) is 0 Å². The topological polar surface area (TPSA) is 84.0 Å². The summed E-state index contributed by atoms with van der Waals surface area (Å²) in [7, 11) is 1.90. The van der Waals surface area contributed by atoms with E-state index in [2.05, 4.69) is 10.3 Å². The Balaban J connectivity index is 2.07. The smallest absolute Gasteiger partial charge is 0.408 e. The Morgan fingerprint density at radius 3 is 2.94 bits per heavy atom. The van der Waals surface area contributed by atoms with Crippen LogP contribution in [0.15, 0.2) is 27.4 Å². The molecule has 17 heavy (non-hydrogen) atoms. The highest BCUT2D eigenvalue weighted by Crippen LogP contribution is 2.43. The molecule has 4 N–H and O–H groups in total. The van der Waals surface area contributed by atoms with Gasteiger partial charge in [0.15, 0.2) is 5.58 Å². The Hall–Kier alpha value is -1.59. The van der Waals surface area contributed by atoms with Crippen LogP contribution in [0.1, 0.15) is 24.4 Å². The van der Waals surface area contributed by atoms with Gasteiger partial charge in [-0.15, -0.1) is 0 Å². The summed E-state index contributed by atoms with van der Waals surface area (Å²) in [5.74, 6) is -0.424. The van der Waals surface area contributed by atoms with Crippen LogP contribution < -0.4 is 16.8 Å². The van der Waals surface area contributed by atoms with Crippen LogP contribution in [0.25, 0.3) is 11.1 Å². The Labute approximate surface area is 98.0 Å². The zero-order chi connectivity index (χ0) is 12.0. The number of H-pyrrole nitrogens is 1. The van der Waals surface area contributed by atoms with Crippen molar-refractivity contribution in [1.82, 2.24) is 10.3 Å². The molecule has 5 heteroatoms. The minimum absolute atomic E-state index is 0.116. The minimum atomic E-state index is -0.424. The van der Waals surface area contributed by atoms with Crippen molar-refractivity contribution < 1.29 is 4.42 Å². The van der Waals surface area contributed by atoms with E-state index in [1.165, 1.54) is 0 Å². The van der Waals surface area contributed by atoms with E-state index in [0.29, 0.717) is 5.58 Å². The van der Waals surface area contributed by atoms with E-state index in [9.17, 15) is 4.79 Å². The molecule has 1 atom stereocenters. The first kappa shape index (κ1) is 10.6. The zero-order valence-corrected chi connectivity index (χ0v) is 9.62. The van der Waals surface area contributed by atoms with E-state index in [4.69, 9.17) is 10.2 Å². The molecule has 0 aliphatic heterocycles. The summed E-state index contributed by atoms with van der Waals surface area (Å²) in [6.07, 6.45) is 2.05. The maximum Gasteiger partial charge on any atom is 0.417 e. The number of aromatic nitrogens is 1. The molecule has 1 saturated carbocycles. The van der Waals surface area contributed by atoms with Gasteiger partial charge in [0.1, 0.15) is 0 Å². The molecule has 1 aliphatic rings. The third-order valence-corrected chi connectivity index (χ3v) is 3.47. The molecular weight excluding hydrogens is 218 g/mol. The van der Waals surface area contributed by atoms with Gasteiger partial charge < -0.3 is 15.5 Å². The lowest BCUT2D eigenvalue weighted by molar-refractivity contribution is 0.462. The minimum Gasteiger partial charge on any atom is -0.408 e. The number of nitrogens with two attached hydrogens (primary N) is 1. The summed E-state index contributed by atoms with van der Waals surface area (Å²) >= 11 is 0.